The third kappa shape index (κ3) is 2.69. The lowest BCUT2D eigenvalue weighted by atomic mass is 10.1. The second-order valence-corrected chi connectivity index (χ2v) is 5.62. The molecule has 0 aliphatic carbocycles. The zero-order valence-corrected chi connectivity index (χ0v) is 13.2. The summed E-state index contributed by atoms with van der Waals surface area (Å²) in [7, 11) is 0. The van der Waals surface area contributed by atoms with E-state index < -0.39 is 11.8 Å². The zero-order chi connectivity index (χ0) is 18.3. The SMILES string of the molecule is O=C(O)c1cc(-c2ccccc2F)nc2cc(-c3ccc(F)cc3)nn12. The summed E-state index contributed by atoms with van der Waals surface area (Å²) in [5.41, 5.74) is 1.54. The van der Waals surface area contributed by atoms with Gasteiger partial charge in [0.15, 0.2) is 11.3 Å². The summed E-state index contributed by atoms with van der Waals surface area (Å²) < 4.78 is 28.3. The van der Waals surface area contributed by atoms with Gasteiger partial charge >= 0.3 is 5.97 Å². The van der Waals surface area contributed by atoms with Crippen LogP contribution in [0.25, 0.3) is 28.2 Å². The maximum Gasteiger partial charge on any atom is 0.354 e. The number of aromatic carboxylic acids is 1. The fourth-order valence-corrected chi connectivity index (χ4v) is 2.70. The molecule has 0 aliphatic rings. The van der Waals surface area contributed by atoms with Crippen molar-refractivity contribution in [3.05, 3.63) is 78.0 Å². The number of carboxylic acids is 1. The van der Waals surface area contributed by atoms with Crippen molar-refractivity contribution in [2.45, 2.75) is 0 Å². The molecule has 7 heteroatoms. The molecule has 0 atom stereocenters. The smallest absolute Gasteiger partial charge is 0.354 e. The fraction of sp³-hybridized carbons (Fsp3) is 0. The molecule has 4 rings (SSSR count). The van der Waals surface area contributed by atoms with Gasteiger partial charge in [-0.05, 0) is 42.5 Å². The molecular formula is C19H11F2N3O2. The highest BCUT2D eigenvalue weighted by Gasteiger charge is 2.17. The average molecular weight is 351 g/mol. The van der Waals surface area contributed by atoms with Crippen LogP contribution < -0.4 is 0 Å². The van der Waals surface area contributed by atoms with Crippen molar-refractivity contribution in [2.75, 3.05) is 0 Å². The Morgan fingerprint density at radius 1 is 0.962 bits per heavy atom. The second kappa shape index (κ2) is 6.03. The summed E-state index contributed by atoms with van der Waals surface area (Å²) in [6, 6.07) is 14.5. The number of halogens is 2. The van der Waals surface area contributed by atoms with Crippen molar-refractivity contribution < 1.29 is 18.7 Å². The van der Waals surface area contributed by atoms with Crippen LogP contribution >= 0.6 is 0 Å². The second-order valence-electron chi connectivity index (χ2n) is 5.62. The highest BCUT2D eigenvalue weighted by atomic mass is 19.1. The van der Waals surface area contributed by atoms with Crippen LogP contribution in [0.3, 0.4) is 0 Å². The first-order chi connectivity index (χ1) is 12.5. The van der Waals surface area contributed by atoms with Crippen LogP contribution in [-0.2, 0) is 0 Å². The molecule has 128 valence electrons. The largest absolute Gasteiger partial charge is 0.477 e. The summed E-state index contributed by atoms with van der Waals surface area (Å²) in [5.74, 6) is -2.11. The van der Waals surface area contributed by atoms with Crippen molar-refractivity contribution in [1.29, 1.82) is 0 Å². The molecular weight excluding hydrogens is 340 g/mol. The molecule has 2 heterocycles. The van der Waals surface area contributed by atoms with Crippen LogP contribution in [0.5, 0.6) is 0 Å². The quantitative estimate of drug-likeness (QED) is 0.605. The predicted octanol–water partition coefficient (Wildman–Crippen LogP) is 4.04. The van der Waals surface area contributed by atoms with Crippen molar-refractivity contribution >= 4 is 11.6 Å². The predicted molar refractivity (Wildman–Crippen MR) is 90.7 cm³/mol. The monoisotopic (exact) mass is 351 g/mol. The van der Waals surface area contributed by atoms with Gasteiger partial charge in [-0.3, -0.25) is 0 Å². The van der Waals surface area contributed by atoms with E-state index in [2.05, 4.69) is 10.1 Å². The number of nitrogens with zero attached hydrogens (tertiary/aromatic N) is 3. The topological polar surface area (TPSA) is 67.5 Å². The molecule has 0 aliphatic heterocycles. The van der Waals surface area contributed by atoms with Crippen molar-refractivity contribution in [3.8, 4) is 22.5 Å². The highest BCUT2D eigenvalue weighted by molar-refractivity contribution is 5.88. The fourth-order valence-electron chi connectivity index (χ4n) is 2.70. The minimum absolute atomic E-state index is 0.151. The number of hydrogen-bond donors (Lipinski definition) is 1. The number of hydrogen-bond acceptors (Lipinski definition) is 3. The Bertz CT molecular complexity index is 1140. The first-order valence-corrected chi connectivity index (χ1v) is 7.68. The van der Waals surface area contributed by atoms with Crippen molar-refractivity contribution in [1.82, 2.24) is 14.6 Å². The van der Waals surface area contributed by atoms with E-state index in [1.807, 2.05) is 0 Å². The molecule has 0 amide bonds. The Morgan fingerprint density at radius 2 is 1.69 bits per heavy atom. The van der Waals surface area contributed by atoms with E-state index in [0.717, 1.165) is 0 Å². The van der Waals surface area contributed by atoms with E-state index in [9.17, 15) is 18.7 Å². The maximum absolute atomic E-state index is 14.1. The minimum Gasteiger partial charge on any atom is -0.477 e. The Morgan fingerprint density at radius 3 is 2.38 bits per heavy atom. The van der Waals surface area contributed by atoms with Gasteiger partial charge in [0.25, 0.3) is 0 Å². The summed E-state index contributed by atoms with van der Waals surface area (Å²) in [6.07, 6.45) is 0. The normalized spacial score (nSPS) is 11.0. The Balaban J connectivity index is 1.94. The minimum atomic E-state index is -1.22. The standard InChI is InChI=1S/C19H11F2N3O2/c20-12-7-5-11(6-8-12)15-10-18-22-16(13-3-1-2-4-14(13)21)9-17(19(25)26)24(18)23-15/h1-10H,(H,25,26). The average Bonchev–Trinajstić information content (AvgIpc) is 3.05. The molecule has 0 spiro atoms. The molecule has 0 saturated heterocycles. The Kier molecular flexibility index (Phi) is 3.69. The van der Waals surface area contributed by atoms with Gasteiger partial charge in [-0.25, -0.2) is 23.1 Å². The van der Waals surface area contributed by atoms with Crippen LogP contribution in [0.2, 0.25) is 0 Å². The van der Waals surface area contributed by atoms with Crippen LogP contribution in [0.15, 0.2) is 60.7 Å². The van der Waals surface area contributed by atoms with E-state index in [1.54, 1.807) is 18.2 Å². The van der Waals surface area contributed by atoms with E-state index >= 15 is 0 Å². The highest BCUT2D eigenvalue weighted by Crippen LogP contribution is 2.25. The number of carboxylic acid groups (broad SMARTS) is 1. The van der Waals surface area contributed by atoms with Gasteiger partial charge in [-0.2, -0.15) is 5.10 Å². The Labute approximate surface area is 146 Å². The van der Waals surface area contributed by atoms with Gasteiger partial charge in [-0.1, -0.05) is 12.1 Å². The number of aromatic nitrogens is 3. The number of fused-ring (bicyclic) bond motifs is 1. The lowest BCUT2D eigenvalue weighted by Crippen LogP contribution is -2.08. The first-order valence-electron chi connectivity index (χ1n) is 7.68. The van der Waals surface area contributed by atoms with Crippen LogP contribution in [-0.4, -0.2) is 25.7 Å². The molecule has 0 bridgehead atoms. The third-order valence-corrected chi connectivity index (χ3v) is 3.94. The maximum atomic E-state index is 14.1. The summed E-state index contributed by atoms with van der Waals surface area (Å²) in [4.78, 5) is 16.0. The molecule has 4 aromatic rings. The van der Waals surface area contributed by atoms with Crippen LogP contribution in [0.1, 0.15) is 10.5 Å². The Hall–Kier alpha value is -3.61. The lowest BCUT2D eigenvalue weighted by molar-refractivity contribution is 0.0687. The molecule has 0 fully saturated rings. The molecule has 0 radical (unpaired) electrons. The zero-order valence-electron chi connectivity index (χ0n) is 13.2. The number of carbonyl (C=O) groups is 1. The van der Waals surface area contributed by atoms with E-state index in [0.29, 0.717) is 11.3 Å². The molecule has 26 heavy (non-hydrogen) atoms. The van der Waals surface area contributed by atoms with Crippen molar-refractivity contribution in [3.63, 3.8) is 0 Å². The first kappa shape index (κ1) is 15.9. The van der Waals surface area contributed by atoms with Gasteiger partial charge in [0.1, 0.15) is 11.6 Å². The third-order valence-electron chi connectivity index (χ3n) is 3.94. The van der Waals surface area contributed by atoms with Gasteiger partial charge in [0, 0.05) is 17.2 Å². The number of benzene rings is 2. The summed E-state index contributed by atoms with van der Waals surface area (Å²) in [6.45, 7) is 0. The van der Waals surface area contributed by atoms with Crippen LogP contribution in [0.4, 0.5) is 8.78 Å². The summed E-state index contributed by atoms with van der Waals surface area (Å²) in [5, 5.41) is 13.8. The van der Waals surface area contributed by atoms with E-state index in [4.69, 9.17) is 0 Å². The van der Waals surface area contributed by atoms with Gasteiger partial charge in [0.2, 0.25) is 0 Å². The molecule has 2 aromatic carbocycles. The molecule has 0 saturated carbocycles. The van der Waals surface area contributed by atoms with Gasteiger partial charge < -0.3 is 5.11 Å². The van der Waals surface area contributed by atoms with Gasteiger partial charge in [0.05, 0.1) is 11.4 Å². The van der Waals surface area contributed by atoms with Gasteiger partial charge in [-0.15, -0.1) is 0 Å². The molecule has 0 unspecified atom stereocenters. The molecule has 5 nitrogen and oxygen atoms in total. The molecule has 2 aromatic heterocycles. The number of rotatable bonds is 3. The van der Waals surface area contributed by atoms with E-state index in [1.165, 1.54) is 47.0 Å². The lowest BCUT2D eigenvalue weighted by Gasteiger charge is -2.05. The van der Waals surface area contributed by atoms with Crippen molar-refractivity contribution in [2.24, 2.45) is 0 Å². The van der Waals surface area contributed by atoms with Crippen LogP contribution in [0, 0.1) is 11.6 Å². The molecule has 1 N–H and O–H groups in total. The summed E-state index contributed by atoms with van der Waals surface area (Å²) >= 11 is 0. The van der Waals surface area contributed by atoms with E-state index in [-0.39, 0.29) is 28.4 Å².